The normalized spacial score (nSPS) is 11.8. The van der Waals surface area contributed by atoms with E-state index < -0.39 is 19.1 Å². The molecule has 0 aliphatic carbocycles. The number of rotatable bonds is 8. The molecule has 1 N–H and O–H groups in total. The number of halogens is 1. The van der Waals surface area contributed by atoms with Crippen molar-refractivity contribution in [3.05, 3.63) is 137 Å². The van der Waals surface area contributed by atoms with E-state index in [9.17, 15) is 9.59 Å². The number of ether oxygens (including phenoxy) is 1. The van der Waals surface area contributed by atoms with Crippen LogP contribution in [0.25, 0.3) is 0 Å². The summed E-state index contributed by atoms with van der Waals surface area (Å²) >= 11 is 7.35. The molecule has 0 saturated carbocycles. The standard InChI is InChI=1S/C30H26ClNO3P/c1-2-35-30(34)27(32-29(33)23-15-7-3-8-16-23)28(31)36(24-17-9-4-10-18-24,25-19-11-5-12-20-25)26-21-13-6-14-22-26/h3-22H,2H2,1H3,(H,32,33)/b28-27+. The van der Waals surface area contributed by atoms with Gasteiger partial charge in [0.1, 0.15) is 5.70 Å². The first kappa shape index (κ1) is 25.4. The number of carbonyl (C=O) groups is 2. The number of benzene rings is 4. The molecule has 0 aliphatic rings. The Morgan fingerprint density at radius 1 is 0.694 bits per heavy atom. The van der Waals surface area contributed by atoms with Crippen molar-refractivity contribution in [2.75, 3.05) is 6.61 Å². The van der Waals surface area contributed by atoms with Crippen LogP contribution < -0.4 is 21.2 Å². The lowest BCUT2D eigenvalue weighted by molar-refractivity contribution is -0.138. The van der Waals surface area contributed by atoms with Gasteiger partial charge in [0.2, 0.25) is 0 Å². The van der Waals surface area contributed by atoms with E-state index in [2.05, 4.69) is 5.32 Å². The highest BCUT2D eigenvalue weighted by molar-refractivity contribution is 8.00. The van der Waals surface area contributed by atoms with Crippen molar-refractivity contribution in [2.45, 2.75) is 6.92 Å². The number of amides is 1. The zero-order chi connectivity index (χ0) is 25.4. The average Bonchev–Trinajstić information content (AvgIpc) is 2.94. The van der Waals surface area contributed by atoms with Gasteiger partial charge >= 0.3 is 5.97 Å². The third-order valence-corrected chi connectivity index (χ3v) is 10.7. The molecule has 0 bridgehead atoms. The average molecular weight is 515 g/mol. The zero-order valence-electron chi connectivity index (χ0n) is 19.8. The molecule has 1 amide bonds. The monoisotopic (exact) mass is 514 g/mol. The summed E-state index contributed by atoms with van der Waals surface area (Å²) in [5.41, 5.74) is 0.351. The first-order valence-corrected chi connectivity index (χ1v) is 13.8. The molecule has 181 valence electrons. The Bertz CT molecular complexity index is 1250. The van der Waals surface area contributed by atoms with E-state index in [0.29, 0.717) is 5.56 Å². The SMILES string of the molecule is CCOC(=O)/C(NC(=O)c1ccccc1)=C(/Cl)[P](c1ccccc1)(c1ccccc1)c1ccccc1. The van der Waals surface area contributed by atoms with Gasteiger partial charge in [0.25, 0.3) is 5.91 Å². The van der Waals surface area contributed by atoms with Crippen molar-refractivity contribution in [3.8, 4) is 0 Å². The first-order valence-electron chi connectivity index (χ1n) is 11.6. The molecule has 4 aromatic carbocycles. The van der Waals surface area contributed by atoms with E-state index in [1.807, 2.05) is 97.1 Å². The van der Waals surface area contributed by atoms with E-state index in [0.717, 1.165) is 15.9 Å². The Kier molecular flexibility index (Phi) is 8.32. The van der Waals surface area contributed by atoms with Crippen LogP contribution in [0.15, 0.2) is 132 Å². The summed E-state index contributed by atoms with van der Waals surface area (Å²) in [4.78, 5) is 26.5. The van der Waals surface area contributed by atoms with E-state index in [1.54, 1.807) is 31.2 Å². The van der Waals surface area contributed by atoms with E-state index in [4.69, 9.17) is 16.3 Å². The number of hydrogen-bond acceptors (Lipinski definition) is 3. The molecular weight excluding hydrogens is 489 g/mol. The van der Waals surface area contributed by atoms with Gasteiger partial charge in [-0.25, -0.2) is 4.79 Å². The summed E-state index contributed by atoms with van der Waals surface area (Å²) in [6, 6.07) is 38.3. The molecule has 4 nitrogen and oxygen atoms in total. The Morgan fingerprint density at radius 3 is 1.47 bits per heavy atom. The molecule has 1 radical (unpaired) electrons. The second kappa shape index (κ2) is 11.8. The lowest BCUT2D eigenvalue weighted by atomic mass is 10.2. The van der Waals surface area contributed by atoms with Gasteiger partial charge in [-0.1, -0.05) is 121 Å². The number of carbonyl (C=O) groups excluding carboxylic acids is 2. The summed E-state index contributed by atoms with van der Waals surface area (Å²) in [5.74, 6) is -1.12. The molecule has 6 heteroatoms. The summed E-state index contributed by atoms with van der Waals surface area (Å²) in [6.45, 7) is 1.86. The summed E-state index contributed by atoms with van der Waals surface area (Å²) in [6.07, 6.45) is 0. The van der Waals surface area contributed by atoms with Gasteiger partial charge in [-0.2, -0.15) is 0 Å². The Morgan fingerprint density at radius 2 is 1.08 bits per heavy atom. The van der Waals surface area contributed by atoms with Crippen molar-refractivity contribution in [1.82, 2.24) is 5.32 Å². The van der Waals surface area contributed by atoms with E-state index in [-0.39, 0.29) is 17.1 Å². The highest BCUT2D eigenvalue weighted by Crippen LogP contribution is 2.64. The Hall–Kier alpha value is -3.72. The molecule has 0 heterocycles. The van der Waals surface area contributed by atoms with Crippen molar-refractivity contribution < 1.29 is 14.3 Å². The van der Waals surface area contributed by atoms with E-state index in [1.165, 1.54) is 0 Å². The second-order valence-electron chi connectivity index (χ2n) is 7.88. The van der Waals surface area contributed by atoms with Crippen LogP contribution in [0.2, 0.25) is 0 Å². The fourth-order valence-corrected chi connectivity index (χ4v) is 8.99. The van der Waals surface area contributed by atoms with Gasteiger partial charge in [0.15, 0.2) is 0 Å². The van der Waals surface area contributed by atoms with Gasteiger partial charge in [-0.05, 0) is 42.2 Å². The number of hydrogen-bond donors (Lipinski definition) is 1. The quantitative estimate of drug-likeness (QED) is 0.195. The first-order chi connectivity index (χ1) is 17.6. The van der Waals surface area contributed by atoms with Crippen molar-refractivity contribution >= 4 is 46.7 Å². The van der Waals surface area contributed by atoms with E-state index >= 15 is 0 Å². The van der Waals surface area contributed by atoms with Crippen molar-refractivity contribution in [2.24, 2.45) is 0 Å². The third-order valence-electron chi connectivity index (χ3n) is 5.69. The van der Waals surface area contributed by atoms with Gasteiger partial charge in [0, 0.05) is 5.56 Å². The maximum absolute atomic E-state index is 13.3. The molecule has 36 heavy (non-hydrogen) atoms. The highest BCUT2D eigenvalue weighted by Gasteiger charge is 2.41. The summed E-state index contributed by atoms with van der Waals surface area (Å²) < 4.78 is 5.63. The Balaban J connectivity index is 2.04. The lowest BCUT2D eigenvalue weighted by Crippen LogP contribution is -2.36. The number of nitrogens with one attached hydrogen (secondary N) is 1. The molecule has 0 aliphatic heterocycles. The smallest absolute Gasteiger partial charge is 0.356 e. The second-order valence-corrected chi connectivity index (χ2v) is 11.9. The molecule has 0 unspecified atom stereocenters. The van der Waals surface area contributed by atoms with Crippen LogP contribution in [-0.4, -0.2) is 18.5 Å². The van der Waals surface area contributed by atoms with Gasteiger partial charge in [0.05, 0.1) is 11.4 Å². The molecule has 4 rings (SSSR count). The molecular formula is C30H26ClNO3P. The van der Waals surface area contributed by atoms with Crippen LogP contribution in [-0.2, 0) is 9.53 Å². The van der Waals surface area contributed by atoms with Crippen LogP contribution in [0.1, 0.15) is 17.3 Å². The molecule has 0 fully saturated rings. The largest absolute Gasteiger partial charge is 0.461 e. The predicted molar refractivity (Wildman–Crippen MR) is 149 cm³/mol. The Labute approximate surface area is 216 Å². The van der Waals surface area contributed by atoms with Gasteiger partial charge in [-0.15, -0.1) is 0 Å². The van der Waals surface area contributed by atoms with Crippen LogP contribution >= 0.6 is 18.9 Å². The molecule has 0 spiro atoms. The summed E-state index contributed by atoms with van der Waals surface area (Å²) in [5, 5.41) is 5.64. The van der Waals surface area contributed by atoms with Crippen molar-refractivity contribution in [1.29, 1.82) is 0 Å². The fourth-order valence-electron chi connectivity index (χ4n) is 4.08. The van der Waals surface area contributed by atoms with Crippen LogP contribution in [0, 0.1) is 0 Å². The highest BCUT2D eigenvalue weighted by atomic mass is 35.5. The molecule has 4 aromatic rings. The van der Waals surface area contributed by atoms with Crippen LogP contribution in [0.5, 0.6) is 0 Å². The molecule has 0 aromatic heterocycles. The minimum absolute atomic E-state index is 0.0581. The number of esters is 1. The maximum Gasteiger partial charge on any atom is 0.356 e. The lowest BCUT2D eigenvalue weighted by Gasteiger charge is -2.38. The zero-order valence-corrected chi connectivity index (χ0v) is 21.5. The van der Waals surface area contributed by atoms with Crippen LogP contribution in [0.3, 0.4) is 0 Å². The van der Waals surface area contributed by atoms with Crippen LogP contribution in [0.4, 0.5) is 0 Å². The minimum atomic E-state index is -2.80. The third kappa shape index (κ3) is 5.11. The fraction of sp³-hybridized carbons (Fsp3) is 0.0667. The molecule has 0 atom stereocenters. The topological polar surface area (TPSA) is 55.4 Å². The predicted octanol–water partition coefficient (Wildman–Crippen LogP) is 5.38. The maximum atomic E-state index is 13.3. The van der Waals surface area contributed by atoms with Gasteiger partial charge < -0.3 is 10.1 Å². The summed E-state index contributed by atoms with van der Waals surface area (Å²) in [7, 11) is -2.80. The van der Waals surface area contributed by atoms with Crippen molar-refractivity contribution in [3.63, 3.8) is 0 Å². The minimum Gasteiger partial charge on any atom is -0.461 e. The van der Waals surface area contributed by atoms with Gasteiger partial charge in [-0.3, -0.25) is 4.79 Å². The molecule has 0 saturated heterocycles.